The molecule has 2 saturated heterocycles. The Kier molecular flexibility index (Phi) is 3.19. The smallest absolute Gasteiger partial charge is 0.0460 e. The summed E-state index contributed by atoms with van der Waals surface area (Å²) in [5.41, 5.74) is 0. The molecule has 0 aliphatic carbocycles. The standard InChI is InChI=1S/C10H20N2O/c13-8-9-2-5-12(6-3-9)10-1-4-11-7-10/h9-11,13H,1-8H2/t10-/m0/s1. The van der Waals surface area contributed by atoms with E-state index in [1.54, 1.807) is 0 Å². The number of aliphatic hydroxyl groups is 1. The van der Waals surface area contributed by atoms with Gasteiger partial charge in [0.1, 0.15) is 0 Å². The van der Waals surface area contributed by atoms with Gasteiger partial charge in [-0.1, -0.05) is 0 Å². The summed E-state index contributed by atoms with van der Waals surface area (Å²) >= 11 is 0. The summed E-state index contributed by atoms with van der Waals surface area (Å²) < 4.78 is 0. The van der Waals surface area contributed by atoms with Gasteiger partial charge in [-0.25, -0.2) is 0 Å². The summed E-state index contributed by atoms with van der Waals surface area (Å²) in [5, 5.41) is 12.4. The number of piperidine rings is 1. The molecule has 2 fully saturated rings. The van der Waals surface area contributed by atoms with E-state index < -0.39 is 0 Å². The van der Waals surface area contributed by atoms with E-state index in [1.807, 2.05) is 0 Å². The van der Waals surface area contributed by atoms with Crippen molar-refractivity contribution in [2.24, 2.45) is 5.92 Å². The Morgan fingerprint density at radius 3 is 2.54 bits per heavy atom. The first-order valence-corrected chi connectivity index (χ1v) is 5.46. The minimum atomic E-state index is 0.386. The molecular formula is C10H20N2O. The van der Waals surface area contributed by atoms with Gasteiger partial charge in [-0.3, -0.25) is 4.90 Å². The second-order valence-corrected chi connectivity index (χ2v) is 4.31. The maximum Gasteiger partial charge on any atom is 0.0460 e. The van der Waals surface area contributed by atoms with Crippen LogP contribution >= 0.6 is 0 Å². The highest BCUT2D eigenvalue weighted by Crippen LogP contribution is 2.20. The Hall–Kier alpha value is -0.120. The highest BCUT2D eigenvalue weighted by Gasteiger charge is 2.26. The molecule has 0 spiro atoms. The van der Waals surface area contributed by atoms with E-state index in [9.17, 15) is 0 Å². The molecule has 0 aromatic carbocycles. The zero-order valence-electron chi connectivity index (χ0n) is 8.21. The van der Waals surface area contributed by atoms with Crippen LogP contribution in [0.15, 0.2) is 0 Å². The van der Waals surface area contributed by atoms with Gasteiger partial charge >= 0.3 is 0 Å². The SMILES string of the molecule is OCC1CCN([C@H]2CCNC2)CC1. The quantitative estimate of drug-likeness (QED) is 0.636. The van der Waals surface area contributed by atoms with Crippen LogP contribution in [0, 0.1) is 5.92 Å². The Morgan fingerprint density at radius 1 is 1.23 bits per heavy atom. The Morgan fingerprint density at radius 2 is 2.00 bits per heavy atom. The molecule has 0 radical (unpaired) electrons. The molecular weight excluding hydrogens is 164 g/mol. The summed E-state index contributed by atoms with van der Waals surface area (Å²) in [6.45, 7) is 5.13. The Balaban J connectivity index is 1.77. The maximum absolute atomic E-state index is 9.01. The fourth-order valence-electron chi connectivity index (χ4n) is 2.45. The van der Waals surface area contributed by atoms with E-state index in [4.69, 9.17) is 5.11 Å². The van der Waals surface area contributed by atoms with Crippen LogP contribution in [-0.2, 0) is 0 Å². The maximum atomic E-state index is 9.01. The molecule has 3 nitrogen and oxygen atoms in total. The third kappa shape index (κ3) is 2.22. The van der Waals surface area contributed by atoms with Gasteiger partial charge in [0.25, 0.3) is 0 Å². The van der Waals surface area contributed by atoms with Crippen LogP contribution in [0.2, 0.25) is 0 Å². The van der Waals surface area contributed by atoms with Crippen molar-refractivity contribution in [2.75, 3.05) is 32.8 Å². The predicted molar refractivity (Wildman–Crippen MR) is 52.7 cm³/mol. The number of likely N-dealkylation sites (tertiary alicyclic amines) is 1. The third-order valence-corrected chi connectivity index (χ3v) is 3.46. The molecule has 13 heavy (non-hydrogen) atoms. The summed E-state index contributed by atoms with van der Waals surface area (Å²) in [6.07, 6.45) is 3.68. The Labute approximate surface area is 80.1 Å². The predicted octanol–water partition coefficient (Wildman–Crippen LogP) is 0.0526. The van der Waals surface area contributed by atoms with Crippen molar-refractivity contribution >= 4 is 0 Å². The van der Waals surface area contributed by atoms with Crippen LogP contribution in [-0.4, -0.2) is 48.8 Å². The lowest BCUT2D eigenvalue weighted by Gasteiger charge is -2.35. The molecule has 0 aromatic heterocycles. The van der Waals surface area contributed by atoms with Gasteiger partial charge in [-0.15, -0.1) is 0 Å². The lowest BCUT2D eigenvalue weighted by atomic mass is 9.96. The number of aliphatic hydroxyl groups excluding tert-OH is 1. The molecule has 2 N–H and O–H groups in total. The van der Waals surface area contributed by atoms with Crippen molar-refractivity contribution in [3.05, 3.63) is 0 Å². The summed E-state index contributed by atoms with van der Waals surface area (Å²) in [4.78, 5) is 2.59. The van der Waals surface area contributed by atoms with Gasteiger partial charge in [0.05, 0.1) is 0 Å². The lowest BCUT2D eigenvalue weighted by molar-refractivity contribution is 0.106. The van der Waals surface area contributed by atoms with Crippen LogP contribution in [0.3, 0.4) is 0 Å². The van der Waals surface area contributed by atoms with Crippen molar-refractivity contribution < 1.29 is 5.11 Å². The van der Waals surface area contributed by atoms with E-state index in [0.29, 0.717) is 12.5 Å². The molecule has 0 unspecified atom stereocenters. The van der Waals surface area contributed by atoms with Crippen LogP contribution in [0.1, 0.15) is 19.3 Å². The van der Waals surface area contributed by atoms with E-state index in [1.165, 1.54) is 45.4 Å². The first-order chi connectivity index (χ1) is 6.40. The average Bonchev–Trinajstić information content (AvgIpc) is 2.71. The molecule has 2 aliphatic heterocycles. The minimum Gasteiger partial charge on any atom is -0.396 e. The van der Waals surface area contributed by atoms with E-state index in [2.05, 4.69) is 10.2 Å². The van der Waals surface area contributed by atoms with Crippen molar-refractivity contribution in [1.29, 1.82) is 0 Å². The topological polar surface area (TPSA) is 35.5 Å². The first kappa shape index (κ1) is 9.44. The largest absolute Gasteiger partial charge is 0.396 e. The second kappa shape index (κ2) is 4.40. The zero-order valence-corrected chi connectivity index (χ0v) is 8.21. The number of nitrogens with zero attached hydrogens (tertiary/aromatic N) is 1. The molecule has 2 aliphatic rings. The normalized spacial score (nSPS) is 32.5. The molecule has 0 aromatic rings. The van der Waals surface area contributed by atoms with E-state index >= 15 is 0 Å². The minimum absolute atomic E-state index is 0.386. The second-order valence-electron chi connectivity index (χ2n) is 4.31. The van der Waals surface area contributed by atoms with Gasteiger partial charge in [0.2, 0.25) is 0 Å². The van der Waals surface area contributed by atoms with Gasteiger partial charge < -0.3 is 10.4 Å². The summed E-state index contributed by atoms with van der Waals surface area (Å²) in [5.74, 6) is 0.575. The van der Waals surface area contributed by atoms with Crippen molar-refractivity contribution in [2.45, 2.75) is 25.3 Å². The highest BCUT2D eigenvalue weighted by atomic mass is 16.3. The number of nitrogens with one attached hydrogen (secondary N) is 1. The van der Waals surface area contributed by atoms with Crippen LogP contribution in [0.4, 0.5) is 0 Å². The zero-order chi connectivity index (χ0) is 9.10. The Bertz CT molecular complexity index is 149. The van der Waals surface area contributed by atoms with Gasteiger partial charge in [0.15, 0.2) is 0 Å². The fraction of sp³-hybridized carbons (Fsp3) is 1.00. The number of rotatable bonds is 2. The summed E-state index contributed by atoms with van der Waals surface area (Å²) in [7, 11) is 0. The number of hydrogen-bond donors (Lipinski definition) is 2. The fourth-order valence-corrected chi connectivity index (χ4v) is 2.45. The van der Waals surface area contributed by atoms with E-state index in [-0.39, 0.29) is 0 Å². The molecule has 0 bridgehead atoms. The molecule has 2 rings (SSSR count). The van der Waals surface area contributed by atoms with Crippen molar-refractivity contribution in [1.82, 2.24) is 10.2 Å². The van der Waals surface area contributed by atoms with Crippen LogP contribution < -0.4 is 5.32 Å². The van der Waals surface area contributed by atoms with Crippen LogP contribution in [0.25, 0.3) is 0 Å². The molecule has 0 amide bonds. The highest BCUT2D eigenvalue weighted by molar-refractivity contribution is 4.83. The average molecular weight is 184 g/mol. The molecule has 1 atom stereocenters. The first-order valence-electron chi connectivity index (χ1n) is 5.46. The molecule has 0 saturated carbocycles. The third-order valence-electron chi connectivity index (χ3n) is 3.46. The van der Waals surface area contributed by atoms with Crippen LogP contribution in [0.5, 0.6) is 0 Å². The summed E-state index contributed by atoms with van der Waals surface area (Å²) in [6, 6.07) is 0.777. The van der Waals surface area contributed by atoms with E-state index in [0.717, 1.165) is 6.04 Å². The van der Waals surface area contributed by atoms with Gasteiger partial charge in [-0.05, 0) is 44.8 Å². The van der Waals surface area contributed by atoms with Crippen molar-refractivity contribution in [3.8, 4) is 0 Å². The molecule has 3 heteroatoms. The lowest BCUT2D eigenvalue weighted by Crippen LogP contribution is -2.42. The molecule has 76 valence electrons. The number of hydrogen-bond acceptors (Lipinski definition) is 3. The molecule has 2 heterocycles. The van der Waals surface area contributed by atoms with Gasteiger partial charge in [-0.2, -0.15) is 0 Å². The van der Waals surface area contributed by atoms with Gasteiger partial charge in [0, 0.05) is 19.2 Å². The van der Waals surface area contributed by atoms with Crippen molar-refractivity contribution in [3.63, 3.8) is 0 Å². The monoisotopic (exact) mass is 184 g/mol.